The van der Waals surface area contributed by atoms with E-state index in [0.29, 0.717) is 32.8 Å². The molecule has 3 N–H and O–H groups in total. The maximum absolute atomic E-state index is 12.4. The molecule has 0 spiro atoms. The van der Waals surface area contributed by atoms with Crippen LogP contribution in [0.15, 0.2) is 53.7 Å². The standard InChI is InChI=1S/C18H15ClN6OS/c1-11(17(26)22-13-8-6-12(10-20)7-9-13)27-18-24-23-16(25(18)21)14-4-2-3-5-15(14)19/h2-9,11H,21H2,1H3,(H,22,26)/t11-/m1/s1. The number of rotatable bonds is 5. The molecule has 0 radical (unpaired) electrons. The second-order valence-electron chi connectivity index (χ2n) is 5.59. The fourth-order valence-corrected chi connectivity index (χ4v) is 3.26. The Hall–Kier alpha value is -3.02. The first-order valence-corrected chi connectivity index (χ1v) is 9.18. The first kappa shape index (κ1) is 18.8. The molecule has 0 saturated heterocycles. The molecule has 0 aliphatic heterocycles. The molecule has 0 aliphatic carbocycles. The van der Waals surface area contributed by atoms with Gasteiger partial charge in [-0.25, -0.2) is 4.68 Å². The monoisotopic (exact) mass is 398 g/mol. The SMILES string of the molecule is C[C@@H](Sc1nnc(-c2ccccc2Cl)n1N)C(=O)Nc1ccc(C#N)cc1. The van der Waals surface area contributed by atoms with Crippen LogP contribution in [0.1, 0.15) is 12.5 Å². The van der Waals surface area contributed by atoms with Crippen LogP contribution in [-0.2, 0) is 4.79 Å². The Labute approximate surface area is 165 Å². The minimum atomic E-state index is -0.466. The summed E-state index contributed by atoms with van der Waals surface area (Å²) in [7, 11) is 0. The van der Waals surface area contributed by atoms with Crippen molar-refractivity contribution in [1.29, 1.82) is 5.26 Å². The summed E-state index contributed by atoms with van der Waals surface area (Å²) in [5, 5.41) is 20.2. The zero-order valence-corrected chi connectivity index (χ0v) is 15.8. The lowest BCUT2D eigenvalue weighted by Crippen LogP contribution is -2.23. The lowest BCUT2D eigenvalue weighted by atomic mass is 10.2. The number of thioether (sulfide) groups is 1. The first-order chi connectivity index (χ1) is 13.0. The van der Waals surface area contributed by atoms with Crippen molar-refractivity contribution in [2.45, 2.75) is 17.3 Å². The Bertz CT molecular complexity index is 1010. The van der Waals surface area contributed by atoms with Gasteiger partial charge in [0.15, 0.2) is 5.82 Å². The summed E-state index contributed by atoms with van der Waals surface area (Å²) < 4.78 is 1.32. The summed E-state index contributed by atoms with van der Waals surface area (Å²) in [5.74, 6) is 6.29. The van der Waals surface area contributed by atoms with Crippen LogP contribution in [0.5, 0.6) is 0 Å². The second-order valence-corrected chi connectivity index (χ2v) is 7.31. The molecule has 0 fully saturated rings. The number of carbonyl (C=O) groups excluding carboxylic acids is 1. The van der Waals surface area contributed by atoms with Crippen LogP contribution in [0, 0.1) is 11.3 Å². The van der Waals surface area contributed by atoms with Gasteiger partial charge in [0.1, 0.15) is 0 Å². The molecule has 0 bridgehead atoms. The number of nitrogens with zero attached hydrogens (tertiary/aromatic N) is 4. The molecular weight excluding hydrogens is 384 g/mol. The lowest BCUT2D eigenvalue weighted by molar-refractivity contribution is -0.115. The molecule has 3 rings (SSSR count). The molecule has 1 aromatic heterocycles. The van der Waals surface area contributed by atoms with E-state index in [-0.39, 0.29) is 5.91 Å². The van der Waals surface area contributed by atoms with Gasteiger partial charge in [0, 0.05) is 11.3 Å². The quantitative estimate of drug-likeness (QED) is 0.504. The second kappa shape index (κ2) is 8.12. The predicted molar refractivity (Wildman–Crippen MR) is 106 cm³/mol. The third-order valence-corrected chi connectivity index (χ3v) is 5.10. The average molecular weight is 399 g/mol. The number of hydrogen-bond donors (Lipinski definition) is 2. The van der Waals surface area contributed by atoms with E-state index in [1.165, 1.54) is 16.4 Å². The lowest BCUT2D eigenvalue weighted by Gasteiger charge is -2.11. The fourth-order valence-electron chi connectivity index (χ4n) is 2.27. The van der Waals surface area contributed by atoms with Crippen molar-refractivity contribution < 1.29 is 4.79 Å². The number of carbonyl (C=O) groups is 1. The average Bonchev–Trinajstić information content (AvgIpc) is 3.03. The Morgan fingerprint density at radius 3 is 2.63 bits per heavy atom. The van der Waals surface area contributed by atoms with E-state index >= 15 is 0 Å². The van der Waals surface area contributed by atoms with Gasteiger partial charge < -0.3 is 11.2 Å². The largest absolute Gasteiger partial charge is 0.335 e. The van der Waals surface area contributed by atoms with Crippen LogP contribution in [0.25, 0.3) is 11.4 Å². The maximum atomic E-state index is 12.4. The normalized spacial score (nSPS) is 11.6. The van der Waals surface area contributed by atoms with Crippen LogP contribution in [0.3, 0.4) is 0 Å². The molecule has 0 unspecified atom stereocenters. The number of hydrogen-bond acceptors (Lipinski definition) is 6. The van der Waals surface area contributed by atoms with Crippen LogP contribution in [-0.4, -0.2) is 26.0 Å². The topological polar surface area (TPSA) is 110 Å². The molecule has 1 amide bonds. The Kier molecular flexibility index (Phi) is 5.64. The van der Waals surface area contributed by atoms with Crippen LogP contribution in [0.4, 0.5) is 5.69 Å². The Balaban J connectivity index is 1.70. The number of nitrogens with two attached hydrogens (primary N) is 1. The predicted octanol–water partition coefficient (Wildman–Crippen LogP) is 3.30. The van der Waals surface area contributed by atoms with Crippen molar-refractivity contribution in [1.82, 2.24) is 14.9 Å². The van der Waals surface area contributed by atoms with Crippen molar-refractivity contribution in [3.05, 3.63) is 59.1 Å². The van der Waals surface area contributed by atoms with Crippen molar-refractivity contribution >= 4 is 35.0 Å². The summed E-state index contributed by atoms with van der Waals surface area (Å²) in [4.78, 5) is 12.4. The van der Waals surface area contributed by atoms with E-state index in [9.17, 15) is 4.79 Å². The van der Waals surface area contributed by atoms with Gasteiger partial charge in [0.05, 0.1) is 21.9 Å². The summed E-state index contributed by atoms with van der Waals surface area (Å²) in [5.41, 5.74) is 1.80. The number of nitrogens with one attached hydrogen (secondary N) is 1. The van der Waals surface area contributed by atoms with Gasteiger partial charge in [0.2, 0.25) is 11.1 Å². The number of anilines is 1. The number of benzene rings is 2. The molecule has 136 valence electrons. The third-order valence-electron chi connectivity index (χ3n) is 3.71. The van der Waals surface area contributed by atoms with Gasteiger partial charge in [-0.05, 0) is 43.3 Å². The van der Waals surface area contributed by atoms with Crippen molar-refractivity contribution in [2.24, 2.45) is 0 Å². The molecule has 9 heteroatoms. The number of amides is 1. The van der Waals surface area contributed by atoms with E-state index in [1.807, 2.05) is 18.2 Å². The molecule has 0 saturated carbocycles. The number of halogens is 1. The Morgan fingerprint density at radius 1 is 1.26 bits per heavy atom. The summed E-state index contributed by atoms with van der Waals surface area (Å²) in [6.45, 7) is 1.74. The van der Waals surface area contributed by atoms with E-state index in [4.69, 9.17) is 22.7 Å². The zero-order chi connectivity index (χ0) is 19.4. The molecule has 2 aromatic carbocycles. The highest BCUT2D eigenvalue weighted by Gasteiger charge is 2.20. The van der Waals surface area contributed by atoms with Crippen molar-refractivity contribution in [2.75, 3.05) is 11.2 Å². The fraction of sp³-hybridized carbons (Fsp3) is 0.111. The highest BCUT2D eigenvalue weighted by atomic mass is 35.5. The Morgan fingerprint density at radius 2 is 1.96 bits per heavy atom. The smallest absolute Gasteiger partial charge is 0.237 e. The first-order valence-electron chi connectivity index (χ1n) is 7.92. The highest BCUT2D eigenvalue weighted by Crippen LogP contribution is 2.29. The number of nitriles is 1. The maximum Gasteiger partial charge on any atom is 0.237 e. The van der Waals surface area contributed by atoms with Crippen LogP contribution < -0.4 is 11.2 Å². The molecular formula is C18H15ClN6OS. The molecule has 3 aromatic rings. The van der Waals surface area contributed by atoms with Gasteiger partial charge in [-0.3, -0.25) is 4.79 Å². The van der Waals surface area contributed by atoms with E-state index in [2.05, 4.69) is 15.5 Å². The van der Waals surface area contributed by atoms with Crippen LogP contribution >= 0.6 is 23.4 Å². The number of nitrogen functional groups attached to an aromatic ring is 1. The van der Waals surface area contributed by atoms with E-state index in [0.717, 1.165) is 0 Å². The third kappa shape index (κ3) is 4.22. The van der Waals surface area contributed by atoms with Crippen LogP contribution in [0.2, 0.25) is 5.02 Å². The highest BCUT2D eigenvalue weighted by molar-refractivity contribution is 8.00. The number of aromatic nitrogens is 3. The minimum Gasteiger partial charge on any atom is -0.335 e. The van der Waals surface area contributed by atoms with Crippen molar-refractivity contribution in [3.8, 4) is 17.5 Å². The molecule has 1 atom stereocenters. The zero-order valence-electron chi connectivity index (χ0n) is 14.3. The van der Waals surface area contributed by atoms with Gasteiger partial charge in [-0.1, -0.05) is 35.5 Å². The van der Waals surface area contributed by atoms with Crippen molar-refractivity contribution in [3.63, 3.8) is 0 Å². The molecule has 0 aliphatic rings. The minimum absolute atomic E-state index is 0.216. The molecule has 7 nitrogen and oxygen atoms in total. The van der Waals surface area contributed by atoms with E-state index in [1.54, 1.807) is 43.3 Å². The summed E-state index contributed by atoms with van der Waals surface area (Å²) in [6.07, 6.45) is 0. The van der Waals surface area contributed by atoms with Gasteiger partial charge >= 0.3 is 0 Å². The summed E-state index contributed by atoms with van der Waals surface area (Å²) in [6, 6.07) is 15.8. The van der Waals surface area contributed by atoms with Gasteiger partial charge in [-0.15, -0.1) is 10.2 Å². The van der Waals surface area contributed by atoms with E-state index < -0.39 is 5.25 Å². The molecule has 27 heavy (non-hydrogen) atoms. The van der Waals surface area contributed by atoms with Gasteiger partial charge in [0.25, 0.3) is 0 Å². The van der Waals surface area contributed by atoms with Gasteiger partial charge in [-0.2, -0.15) is 5.26 Å². The molecule has 1 heterocycles. The summed E-state index contributed by atoms with van der Waals surface area (Å²) >= 11 is 7.36.